The van der Waals surface area contributed by atoms with E-state index in [2.05, 4.69) is 61.2 Å². The third kappa shape index (κ3) is 2.43. The van der Waals surface area contributed by atoms with Crippen LogP contribution in [0.3, 0.4) is 0 Å². The average Bonchev–Trinajstić information content (AvgIpc) is 2.46. The van der Waals surface area contributed by atoms with E-state index in [0.29, 0.717) is 11.8 Å². The van der Waals surface area contributed by atoms with E-state index in [1.807, 2.05) is 0 Å². The molecule has 1 atom stereocenters. The van der Waals surface area contributed by atoms with Crippen molar-refractivity contribution >= 4 is 23.0 Å². The summed E-state index contributed by atoms with van der Waals surface area (Å²) in [5.41, 5.74) is 6.59. The molecule has 0 saturated carbocycles. The fourth-order valence-electron chi connectivity index (χ4n) is 3.13. The first-order valence-corrected chi connectivity index (χ1v) is 7.73. The minimum absolute atomic E-state index is 0.577. The minimum Gasteiger partial charge on any atom is -0.341 e. The van der Waals surface area contributed by atoms with Crippen molar-refractivity contribution < 1.29 is 0 Å². The highest BCUT2D eigenvalue weighted by atomic mass is 35.5. The van der Waals surface area contributed by atoms with E-state index < -0.39 is 0 Å². The maximum Gasteiger partial charge on any atom is 0.0474 e. The van der Waals surface area contributed by atoms with E-state index in [0.717, 1.165) is 6.54 Å². The van der Waals surface area contributed by atoms with Crippen LogP contribution in [-0.4, -0.2) is 6.54 Å². The van der Waals surface area contributed by atoms with Crippen LogP contribution < -0.4 is 4.90 Å². The van der Waals surface area contributed by atoms with Gasteiger partial charge in [0, 0.05) is 23.8 Å². The monoisotopic (exact) mass is 285 g/mol. The second kappa shape index (κ2) is 5.49. The van der Waals surface area contributed by atoms with Crippen LogP contribution >= 0.6 is 11.6 Å². The first-order chi connectivity index (χ1) is 9.69. The van der Waals surface area contributed by atoms with Crippen molar-refractivity contribution in [2.24, 2.45) is 5.92 Å². The minimum atomic E-state index is 0.577. The van der Waals surface area contributed by atoms with Crippen LogP contribution in [0.4, 0.5) is 11.4 Å². The molecule has 1 aliphatic rings. The molecule has 2 aromatic rings. The van der Waals surface area contributed by atoms with Gasteiger partial charge in [0.2, 0.25) is 0 Å². The lowest BCUT2D eigenvalue weighted by Gasteiger charge is -2.35. The van der Waals surface area contributed by atoms with Gasteiger partial charge in [-0.25, -0.2) is 0 Å². The highest BCUT2D eigenvalue weighted by molar-refractivity contribution is 6.17. The summed E-state index contributed by atoms with van der Waals surface area (Å²) in [6, 6.07) is 15.3. The number of benzene rings is 2. The van der Waals surface area contributed by atoms with Crippen LogP contribution in [0.25, 0.3) is 0 Å². The molecule has 1 nitrogen and oxygen atoms in total. The largest absolute Gasteiger partial charge is 0.341 e. The van der Waals surface area contributed by atoms with Gasteiger partial charge in [0.25, 0.3) is 0 Å². The molecule has 0 radical (unpaired) electrons. The molecular formula is C18H20ClN. The van der Waals surface area contributed by atoms with E-state index in [9.17, 15) is 0 Å². The first-order valence-electron chi connectivity index (χ1n) is 7.20. The van der Waals surface area contributed by atoms with Gasteiger partial charge in [-0.05, 0) is 48.1 Å². The number of alkyl halides is 1. The van der Waals surface area contributed by atoms with Crippen LogP contribution in [-0.2, 0) is 12.3 Å². The van der Waals surface area contributed by atoms with E-state index in [4.69, 9.17) is 11.6 Å². The Morgan fingerprint density at radius 3 is 2.70 bits per heavy atom. The van der Waals surface area contributed by atoms with Crippen LogP contribution in [0.2, 0.25) is 0 Å². The summed E-state index contributed by atoms with van der Waals surface area (Å²) in [5.74, 6) is 1.26. The van der Waals surface area contributed by atoms with Gasteiger partial charge in [-0.3, -0.25) is 0 Å². The molecule has 0 saturated heterocycles. The maximum atomic E-state index is 5.93. The summed E-state index contributed by atoms with van der Waals surface area (Å²) in [7, 11) is 0. The number of hydrogen-bond acceptors (Lipinski definition) is 1. The van der Waals surface area contributed by atoms with Crippen molar-refractivity contribution in [1.29, 1.82) is 0 Å². The van der Waals surface area contributed by atoms with Gasteiger partial charge in [-0.2, -0.15) is 0 Å². The van der Waals surface area contributed by atoms with Crippen LogP contribution in [0.15, 0.2) is 42.5 Å². The molecule has 1 unspecified atom stereocenters. The predicted molar refractivity (Wildman–Crippen MR) is 87.1 cm³/mol. The zero-order valence-corrected chi connectivity index (χ0v) is 12.8. The van der Waals surface area contributed by atoms with E-state index in [1.54, 1.807) is 0 Å². The fourth-order valence-corrected chi connectivity index (χ4v) is 3.29. The van der Waals surface area contributed by atoms with Crippen molar-refractivity contribution in [3.8, 4) is 0 Å². The van der Waals surface area contributed by atoms with Gasteiger partial charge in [-0.1, -0.05) is 37.3 Å². The zero-order valence-electron chi connectivity index (χ0n) is 12.1. The average molecular weight is 286 g/mol. The van der Waals surface area contributed by atoms with Crippen LogP contribution in [0.5, 0.6) is 0 Å². The van der Waals surface area contributed by atoms with Crippen molar-refractivity contribution in [2.45, 2.75) is 26.1 Å². The summed E-state index contributed by atoms with van der Waals surface area (Å²) in [5, 5.41) is 0. The Morgan fingerprint density at radius 2 is 1.95 bits per heavy atom. The number of nitrogens with zero attached hydrogens (tertiary/aromatic N) is 1. The summed E-state index contributed by atoms with van der Waals surface area (Å²) < 4.78 is 0. The molecular weight excluding hydrogens is 266 g/mol. The quantitative estimate of drug-likeness (QED) is 0.697. The first kappa shape index (κ1) is 13.5. The Hall–Kier alpha value is -1.47. The molecule has 3 rings (SSSR count). The molecule has 0 N–H and O–H groups in total. The number of para-hydroxylation sites is 1. The molecule has 0 fully saturated rings. The number of aryl methyl sites for hydroxylation is 1. The Bertz CT molecular complexity index is 621. The number of anilines is 2. The molecule has 1 aliphatic heterocycles. The lowest BCUT2D eigenvalue weighted by Crippen LogP contribution is -2.30. The third-order valence-electron chi connectivity index (χ3n) is 4.05. The van der Waals surface area contributed by atoms with Gasteiger partial charge < -0.3 is 4.90 Å². The molecule has 20 heavy (non-hydrogen) atoms. The van der Waals surface area contributed by atoms with Crippen molar-refractivity contribution in [2.75, 3.05) is 11.4 Å². The molecule has 0 spiro atoms. The van der Waals surface area contributed by atoms with Crippen molar-refractivity contribution in [3.05, 3.63) is 59.2 Å². The van der Waals surface area contributed by atoms with Gasteiger partial charge in [-0.15, -0.1) is 11.6 Å². The van der Waals surface area contributed by atoms with Crippen molar-refractivity contribution in [3.63, 3.8) is 0 Å². The van der Waals surface area contributed by atoms with Gasteiger partial charge in [0.1, 0.15) is 0 Å². The lowest BCUT2D eigenvalue weighted by atomic mass is 9.93. The van der Waals surface area contributed by atoms with Crippen LogP contribution in [0, 0.1) is 12.8 Å². The molecule has 0 amide bonds. The zero-order chi connectivity index (χ0) is 14.1. The summed E-state index contributed by atoms with van der Waals surface area (Å²) in [4.78, 5) is 2.46. The van der Waals surface area contributed by atoms with E-state index >= 15 is 0 Å². The molecule has 1 heterocycles. The normalized spacial score (nSPS) is 17.9. The van der Waals surface area contributed by atoms with E-state index in [-0.39, 0.29) is 0 Å². The topological polar surface area (TPSA) is 3.24 Å². The van der Waals surface area contributed by atoms with Gasteiger partial charge >= 0.3 is 0 Å². The number of halogens is 1. The Labute approximate surface area is 126 Å². The maximum absolute atomic E-state index is 5.93. The molecule has 2 heteroatoms. The number of fused-ring (bicyclic) bond motifs is 1. The molecule has 0 bridgehead atoms. The predicted octanol–water partition coefficient (Wildman–Crippen LogP) is 5.06. The summed E-state index contributed by atoms with van der Waals surface area (Å²) >= 11 is 5.93. The SMILES string of the molecule is Cc1cc(CCl)ccc1N1CC(C)Cc2ccccc21. The number of hydrogen-bond donors (Lipinski definition) is 0. The summed E-state index contributed by atoms with van der Waals surface area (Å²) in [6.45, 7) is 5.58. The number of rotatable bonds is 2. The highest BCUT2D eigenvalue weighted by Crippen LogP contribution is 2.36. The molecule has 0 aromatic heterocycles. The molecule has 0 aliphatic carbocycles. The second-order valence-electron chi connectivity index (χ2n) is 5.80. The Morgan fingerprint density at radius 1 is 1.15 bits per heavy atom. The third-order valence-corrected chi connectivity index (χ3v) is 4.36. The van der Waals surface area contributed by atoms with Gasteiger partial charge in [0.05, 0.1) is 0 Å². The molecule has 104 valence electrons. The Kier molecular flexibility index (Phi) is 3.71. The smallest absolute Gasteiger partial charge is 0.0474 e. The summed E-state index contributed by atoms with van der Waals surface area (Å²) in [6.07, 6.45) is 1.17. The Balaban J connectivity index is 2.06. The fraction of sp³-hybridized carbons (Fsp3) is 0.333. The van der Waals surface area contributed by atoms with Crippen LogP contribution in [0.1, 0.15) is 23.6 Å². The van der Waals surface area contributed by atoms with Crippen molar-refractivity contribution in [1.82, 2.24) is 0 Å². The van der Waals surface area contributed by atoms with E-state index in [1.165, 1.54) is 34.5 Å². The second-order valence-corrected chi connectivity index (χ2v) is 6.07. The molecule has 2 aromatic carbocycles. The lowest BCUT2D eigenvalue weighted by molar-refractivity contribution is 0.562. The van der Waals surface area contributed by atoms with Gasteiger partial charge in [0.15, 0.2) is 0 Å². The highest BCUT2D eigenvalue weighted by Gasteiger charge is 2.23. The standard InChI is InChI=1S/C18H20ClN/c1-13-9-16-5-3-4-6-18(16)20(12-13)17-8-7-15(11-19)10-14(17)2/h3-8,10,13H,9,11-12H2,1-2H3.